The highest BCUT2D eigenvalue weighted by molar-refractivity contribution is 5.72. The van der Waals surface area contributed by atoms with Gasteiger partial charge in [-0.3, -0.25) is 9.59 Å². The number of hydrogen-bond acceptors (Lipinski definition) is 2. The van der Waals surface area contributed by atoms with Gasteiger partial charge in [-0.1, -0.05) is 76.9 Å². The van der Waals surface area contributed by atoms with E-state index in [1.807, 2.05) is 6.08 Å². The first-order valence-electron chi connectivity index (χ1n) is 9.69. The number of carbonyl (C=O) groups is 2. The van der Waals surface area contributed by atoms with E-state index in [1.54, 1.807) is 6.08 Å². The lowest BCUT2D eigenvalue weighted by Crippen LogP contribution is -2.11. The smallest absolute Gasteiger partial charge is 0.310 e. The number of aliphatic carboxylic acids is 2. The van der Waals surface area contributed by atoms with Gasteiger partial charge in [0, 0.05) is 6.42 Å². The lowest BCUT2D eigenvalue weighted by molar-refractivity contribution is -0.141. The van der Waals surface area contributed by atoms with Crippen molar-refractivity contribution >= 4 is 11.9 Å². The molecule has 0 radical (unpaired) electrons. The number of carboxylic acids is 2. The molecule has 0 aliphatic heterocycles. The zero-order valence-corrected chi connectivity index (χ0v) is 15.3. The van der Waals surface area contributed by atoms with E-state index in [0.717, 1.165) is 12.8 Å². The van der Waals surface area contributed by atoms with Gasteiger partial charge in [-0.15, -0.1) is 0 Å². The second-order valence-electron chi connectivity index (χ2n) is 6.63. The monoisotopic (exact) mass is 340 g/mol. The largest absolute Gasteiger partial charge is 0.481 e. The molecule has 0 bridgehead atoms. The van der Waals surface area contributed by atoms with Crippen LogP contribution < -0.4 is 0 Å². The highest BCUT2D eigenvalue weighted by atomic mass is 16.4. The van der Waals surface area contributed by atoms with Crippen molar-refractivity contribution in [1.82, 2.24) is 0 Å². The highest BCUT2D eigenvalue weighted by Crippen LogP contribution is 2.14. The number of carboxylic acid groups (broad SMARTS) is 2. The Labute approximate surface area is 147 Å². The third-order valence-electron chi connectivity index (χ3n) is 4.32. The second kappa shape index (κ2) is 16.5. The fourth-order valence-corrected chi connectivity index (χ4v) is 2.79. The van der Waals surface area contributed by atoms with E-state index < -0.39 is 17.9 Å². The van der Waals surface area contributed by atoms with Gasteiger partial charge in [0.25, 0.3) is 0 Å². The predicted octanol–water partition coefficient (Wildman–Crippen LogP) is 5.81. The third kappa shape index (κ3) is 15.6. The maximum Gasteiger partial charge on any atom is 0.310 e. The molecule has 4 heteroatoms. The Morgan fingerprint density at radius 3 is 1.88 bits per heavy atom. The second-order valence-corrected chi connectivity index (χ2v) is 6.63. The summed E-state index contributed by atoms with van der Waals surface area (Å²) in [6.45, 7) is 2.24. The van der Waals surface area contributed by atoms with E-state index >= 15 is 0 Å². The summed E-state index contributed by atoms with van der Waals surface area (Å²) in [5.74, 6) is -2.28. The normalized spacial score (nSPS) is 12.5. The van der Waals surface area contributed by atoms with Crippen LogP contribution in [0.2, 0.25) is 0 Å². The van der Waals surface area contributed by atoms with E-state index in [1.165, 1.54) is 57.8 Å². The summed E-state index contributed by atoms with van der Waals surface area (Å²) < 4.78 is 0. The maximum atomic E-state index is 11.1. The van der Waals surface area contributed by atoms with Crippen LogP contribution in [0.1, 0.15) is 96.8 Å². The quantitative estimate of drug-likeness (QED) is 0.259. The molecule has 0 saturated carbocycles. The first-order valence-corrected chi connectivity index (χ1v) is 9.69. The molecule has 1 unspecified atom stereocenters. The topological polar surface area (TPSA) is 74.6 Å². The van der Waals surface area contributed by atoms with Crippen LogP contribution in [-0.4, -0.2) is 22.2 Å². The Morgan fingerprint density at radius 2 is 1.38 bits per heavy atom. The molecule has 0 heterocycles. The highest BCUT2D eigenvalue weighted by Gasteiger charge is 2.13. The summed E-state index contributed by atoms with van der Waals surface area (Å²) in [4.78, 5) is 21.6. The summed E-state index contributed by atoms with van der Waals surface area (Å²) in [6.07, 6.45) is 18.4. The SMILES string of the molecule is CCCCCCCCCCCCC=CC(CCCC(=O)O)C(=O)O. The summed E-state index contributed by atoms with van der Waals surface area (Å²) in [7, 11) is 0. The van der Waals surface area contributed by atoms with Crippen LogP contribution in [0.4, 0.5) is 0 Å². The number of unbranched alkanes of at least 4 members (excludes halogenated alkanes) is 10. The molecule has 0 saturated heterocycles. The molecule has 0 aromatic carbocycles. The van der Waals surface area contributed by atoms with Gasteiger partial charge >= 0.3 is 11.9 Å². The van der Waals surface area contributed by atoms with Crippen LogP contribution in [0, 0.1) is 5.92 Å². The minimum absolute atomic E-state index is 0.0378. The molecule has 140 valence electrons. The Hall–Kier alpha value is -1.32. The molecule has 0 amide bonds. The van der Waals surface area contributed by atoms with E-state index in [-0.39, 0.29) is 6.42 Å². The van der Waals surface area contributed by atoms with Crippen molar-refractivity contribution < 1.29 is 19.8 Å². The van der Waals surface area contributed by atoms with Gasteiger partial charge in [0.05, 0.1) is 5.92 Å². The maximum absolute atomic E-state index is 11.1. The fourth-order valence-electron chi connectivity index (χ4n) is 2.79. The minimum atomic E-state index is -0.867. The molecular weight excluding hydrogens is 304 g/mol. The van der Waals surface area contributed by atoms with Crippen LogP contribution in [0.25, 0.3) is 0 Å². The zero-order valence-electron chi connectivity index (χ0n) is 15.3. The average Bonchev–Trinajstić information content (AvgIpc) is 2.53. The Kier molecular flexibility index (Phi) is 15.6. The van der Waals surface area contributed by atoms with Gasteiger partial charge in [0.1, 0.15) is 0 Å². The molecule has 0 aliphatic rings. The molecule has 0 rings (SSSR count). The van der Waals surface area contributed by atoms with E-state index in [9.17, 15) is 9.59 Å². The Morgan fingerprint density at radius 1 is 0.833 bits per heavy atom. The summed E-state index contributed by atoms with van der Waals surface area (Å²) in [6, 6.07) is 0. The number of hydrogen-bond donors (Lipinski definition) is 2. The number of allylic oxidation sites excluding steroid dienone is 1. The van der Waals surface area contributed by atoms with Crippen LogP contribution >= 0.6 is 0 Å². The lowest BCUT2D eigenvalue weighted by Gasteiger charge is -2.06. The molecule has 0 aromatic rings. The van der Waals surface area contributed by atoms with Crippen LogP contribution in [0.3, 0.4) is 0 Å². The van der Waals surface area contributed by atoms with Crippen molar-refractivity contribution in [3.8, 4) is 0 Å². The standard InChI is InChI=1S/C20H36O4/c1-2-3-4-5-6-7-8-9-10-11-12-13-15-18(20(23)24)16-14-17-19(21)22/h13,15,18H,2-12,14,16-17H2,1H3,(H,21,22)(H,23,24). The first-order chi connectivity index (χ1) is 11.6. The van der Waals surface area contributed by atoms with Crippen molar-refractivity contribution in [2.45, 2.75) is 96.8 Å². The molecule has 0 spiro atoms. The number of rotatable bonds is 17. The molecule has 1 atom stereocenters. The van der Waals surface area contributed by atoms with Gasteiger partial charge in [-0.2, -0.15) is 0 Å². The van der Waals surface area contributed by atoms with Gasteiger partial charge < -0.3 is 10.2 Å². The molecular formula is C20H36O4. The molecule has 0 aliphatic carbocycles. The molecule has 24 heavy (non-hydrogen) atoms. The molecule has 2 N–H and O–H groups in total. The Bertz CT molecular complexity index is 350. The molecule has 4 nitrogen and oxygen atoms in total. The van der Waals surface area contributed by atoms with Gasteiger partial charge in [0.2, 0.25) is 0 Å². The van der Waals surface area contributed by atoms with Crippen molar-refractivity contribution in [2.75, 3.05) is 0 Å². The van der Waals surface area contributed by atoms with Crippen LogP contribution in [0.15, 0.2) is 12.2 Å². The van der Waals surface area contributed by atoms with Gasteiger partial charge in [0.15, 0.2) is 0 Å². The Balaban J connectivity index is 3.56. The first kappa shape index (κ1) is 22.7. The van der Waals surface area contributed by atoms with Gasteiger partial charge in [-0.25, -0.2) is 0 Å². The van der Waals surface area contributed by atoms with E-state index in [0.29, 0.717) is 12.8 Å². The molecule has 0 fully saturated rings. The summed E-state index contributed by atoms with van der Waals surface area (Å²) in [5.41, 5.74) is 0. The van der Waals surface area contributed by atoms with Crippen LogP contribution in [0.5, 0.6) is 0 Å². The summed E-state index contributed by atoms with van der Waals surface area (Å²) >= 11 is 0. The van der Waals surface area contributed by atoms with Crippen molar-refractivity contribution in [3.63, 3.8) is 0 Å². The van der Waals surface area contributed by atoms with Gasteiger partial charge in [-0.05, 0) is 25.7 Å². The zero-order chi connectivity index (χ0) is 18.0. The predicted molar refractivity (Wildman–Crippen MR) is 98.2 cm³/mol. The fraction of sp³-hybridized carbons (Fsp3) is 0.800. The molecule has 0 aromatic heterocycles. The minimum Gasteiger partial charge on any atom is -0.481 e. The summed E-state index contributed by atoms with van der Waals surface area (Å²) in [5, 5.41) is 17.7. The van der Waals surface area contributed by atoms with E-state index in [2.05, 4.69) is 6.92 Å². The average molecular weight is 341 g/mol. The van der Waals surface area contributed by atoms with Crippen LogP contribution in [-0.2, 0) is 9.59 Å². The lowest BCUT2D eigenvalue weighted by atomic mass is 10.0. The van der Waals surface area contributed by atoms with Crippen molar-refractivity contribution in [3.05, 3.63) is 12.2 Å². The van der Waals surface area contributed by atoms with Crippen molar-refractivity contribution in [2.24, 2.45) is 5.92 Å². The van der Waals surface area contributed by atoms with Crippen molar-refractivity contribution in [1.29, 1.82) is 0 Å². The third-order valence-corrected chi connectivity index (χ3v) is 4.32. The van der Waals surface area contributed by atoms with E-state index in [4.69, 9.17) is 10.2 Å².